The van der Waals surface area contributed by atoms with Gasteiger partial charge in [-0.3, -0.25) is 0 Å². The molecule has 0 aliphatic carbocycles. The SMILES string of the molecule is CCN(CC)CCOC(=O)c1ccc(OC)c(OC)c1. The fraction of sp³-hybridized carbons (Fsp3) is 0.533. The van der Waals surface area contributed by atoms with Gasteiger partial charge in [-0.2, -0.15) is 0 Å². The maximum absolute atomic E-state index is 11.9. The summed E-state index contributed by atoms with van der Waals surface area (Å²) in [6, 6.07) is 4.99. The van der Waals surface area contributed by atoms with Crippen molar-refractivity contribution >= 4 is 5.97 Å². The van der Waals surface area contributed by atoms with Crippen LogP contribution in [0, 0.1) is 0 Å². The molecule has 0 aliphatic heterocycles. The van der Waals surface area contributed by atoms with Crippen molar-refractivity contribution in [1.29, 1.82) is 0 Å². The Balaban J connectivity index is 2.59. The average molecular weight is 281 g/mol. The third kappa shape index (κ3) is 4.42. The lowest BCUT2D eigenvalue weighted by Crippen LogP contribution is -2.27. The van der Waals surface area contributed by atoms with E-state index in [1.807, 2.05) is 0 Å². The summed E-state index contributed by atoms with van der Waals surface area (Å²) in [5, 5.41) is 0. The molecule has 0 aromatic heterocycles. The van der Waals surface area contributed by atoms with Gasteiger partial charge < -0.3 is 19.1 Å². The van der Waals surface area contributed by atoms with Crippen molar-refractivity contribution in [2.24, 2.45) is 0 Å². The average Bonchev–Trinajstić information content (AvgIpc) is 2.50. The highest BCUT2D eigenvalue weighted by atomic mass is 16.5. The normalized spacial score (nSPS) is 10.4. The second-order valence-electron chi connectivity index (χ2n) is 4.23. The number of nitrogens with zero attached hydrogens (tertiary/aromatic N) is 1. The zero-order valence-corrected chi connectivity index (χ0v) is 12.6. The zero-order chi connectivity index (χ0) is 15.0. The first-order valence-corrected chi connectivity index (χ1v) is 6.77. The Bertz CT molecular complexity index is 430. The molecule has 20 heavy (non-hydrogen) atoms. The Kier molecular flexibility index (Phi) is 6.87. The van der Waals surface area contributed by atoms with Crippen molar-refractivity contribution in [3.63, 3.8) is 0 Å². The van der Waals surface area contributed by atoms with Gasteiger partial charge in [0.25, 0.3) is 0 Å². The number of ether oxygens (including phenoxy) is 3. The van der Waals surface area contributed by atoms with Gasteiger partial charge in [-0.25, -0.2) is 4.79 Å². The first-order valence-electron chi connectivity index (χ1n) is 6.77. The molecule has 1 aromatic carbocycles. The molecule has 0 aliphatic rings. The summed E-state index contributed by atoms with van der Waals surface area (Å²) in [4.78, 5) is 14.1. The minimum atomic E-state index is -0.349. The second-order valence-corrected chi connectivity index (χ2v) is 4.23. The molecule has 0 unspecified atom stereocenters. The summed E-state index contributed by atoms with van der Waals surface area (Å²) >= 11 is 0. The minimum Gasteiger partial charge on any atom is -0.493 e. The maximum atomic E-state index is 11.9. The standard InChI is InChI=1S/C15H23NO4/c1-5-16(6-2)9-10-20-15(17)12-7-8-13(18-3)14(11-12)19-4/h7-8,11H,5-6,9-10H2,1-4H3. The van der Waals surface area contributed by atoms with Gasteiger partial charge >= 0.3 is 5.97 Å². The van der Waals surface area contributed by atoms with Gasteiger partial charge in [-0.05, 0) is 31.3 Å². The zero-order valence-electron chi connectivity index (χ0n) is 12.6. The van der Waals surface area contributed by atoms with Gasteiger partial charge in [0.2, 0.25) is 0 Å². The molecule has 1 aromatic rings. The Morgan fingerprint density at radius 3 is 2.30 bits per heavy atom. The number of carbonyl (C=O) groups excluding carboxylic acids is 1. The van der Waals surface area contributed by atoms with Crippen molar-refractivity contribution < 1.29 is 19.0 Å². The fourth-order valence-corrected chi connectivity index (χ4v) is 1.85. The number of carbonyl (C=O) groups is 1. The van der Waals surface area contributed by atoms with E-state index in [2.05, 4.69) is 18.7 Å². The van der Waals surface area contributed by atoms with E-state index in [0.29, 0.717) is 23.7 Å². The number of hydrogen-bond acceptors (Lipinski definition) is 5. The Morgan fingerprint density at radius 2 is 1.75 bits per heavy atom. The van der Waals surface area contributed by atoms with Crippen molar-refractivity contribution in [3.05, 3.63) is 23.8 Å². The van der Waals surface area contributed by atoms with Gasteiger partial charge in [0.05, 0.1) is 19.8 Å². The number of methoxy groups -OCH3 is 2. The van der Waals surface area contributed by atoms with E-state index in [1.165, 1.54) is 7.11 Å². The number of esters is 1. The highest BCUT2D eigenvalue weighted by Gasteiger charge is 2.12. The van der Waals surface area contributed by atoms with Crippen molar-refractivity contribution in [3.8, 4) is 11.5 Å². The van der Waals surface area contributed by atoms with Gasteiger partial charge in [0.1, 0.15) is 6.61 Å². The summed E-state index contributed by atoms with van der Waals surface area (Å²) in [6.45, 7) is 7.19. The van der Waals surface area contributed by atoms with E-state index in [-0.39, 0.29) is 5.97 Å². The quantitative estimate of drug-likeness (QED) is 0.684. The summed E-state index contributed by atoms with van der Waals surface area (Å²) in [6.07, 6.45) is 0. The third-order valence-electron chi connectivity index (χ3n) is 3.15. The van der Waals surface area contributed by atoms with Crippen LogP contribution in [0.5, 0.6) is 11.5 Å². The lowest BCUT2D eigenvalue weighted by atomic mass is 10.2. The van der Waals surface area contributed by atoms with Gasteiger partial charge in [-0.1, -0.05) is 13.8 Å². The number of rotatable bonds is 8. The smallest absolute Gasteiger partial charge is 0.338 e. The van der Waals surface area contributed by atoms with Crippen LogP contribution in [0.25, 0.3) is 0 Å². The van der Waals surface area contributed by atoms with E-state index in [4.69, 9.17) is 14.2 Å². The van der Waals surface area contributed by atoms with Crippen molar-refractivity contribution in [1.82, 2.24) is 4.90 Å². The highest BCUT2D eigenvalue weighted by Crippen LogP contribution is 2.27. The maximum Gasteiger partial charge on any atom is 0.338 e. The van der Waals surface area contributed by atoms with Crippen LogP contribution in [-0.4, -0.2) is 51.3 Å². The van der Waals surface area contributed by atoms with E-state index < -0.39 is 0 Å². The van der Waals surface area contributed by atoms with Crippen LogP contribution in [0.15, 0.2) is 18.2 Å². The minimum absolute atomic E-state index is 0.349. The molecule has 0 heterocycles. The fourth-order valence-electron chi connectivity index (χ4n) is 1.85. The monoisotopic (exact) mass is 281 g/mol. The van der Waals surface area contributed by atoms with Crippen LogP contribution < -0.4 is 9.47 Å². The third-order valence-corrected chi connectivity index (χ3v) is 3.15. The topological polar surface area (TPSA) is 48.0 Å². The van der Waals surface area contributed by atoms with Crippen molar-refractivity contribution in [2.75, 3.05) is 40.5 Å². The van der Waals surface area contributed by atoms with Gasteiger partial charge in [-0.15, -0.1) is 0 Å². The predicted octanol–water partition coefficient (Wildman–Crippen LogP) is 2.20. The first kappa shape index (κ1) is 16.3. The molecule has 1 rings (SSSR count). The summed E-state index contributed by atoms with van der Waals surface area (Å²) in [7, 11) is 3.09. The lowest BCUT2D eigenvalue weighted by molar-refractivity contribution is 0.0466. The van der Waals surface area contributed by atoms with Gasteiger partial charge in [0, 0.05) is 6.54 Å². The van der Waals surface area contributed by atoms with Crippen LogP contribution in [0.1, 0.15) is 24.2 Å². The van der Waals surface area contributed by atoms with Crippen LogP contribution in [0.4, 0.5) is 0 Å². The summed E-state index contributed by atoms with van der Waals surface area (Å²) in [5.74, 6) is 0.760. The van der Waals surface area contributed by atoms with Crippen LogP contribution in [-0.2, 0) is 4.74 Å². The number of hydrogen-bond donors (Lipinski definition) is 0. The molecule has 0 saturated heterocycles. The molecule has 0 saturated carbocycles. The van der Waals surface area contributed by atoms with Crippen LogP contribution in [0.2, 0.25) is 0 Å². The number of benzene rings is 1. The molecule has 0 N–H and O–H groups in total. The predicted molar refractivity (Wildman–Crippen MR) is 77.6 cm³/mol. The largest absolute Gasteiger partial charge is 0.493 e. The van der Waals surface area contributed by atoms with Crippen molar-refractivity contribution in [2.45, 2.75) is 13.8 Å². The molecule has 0 amide bonds. The van der Waals surface area contributed by atoms with E-state index in [9.17, 15) is 4.79 Å². The molecular weight excluding hydrogens is 258 g/mol. The summed E-state index contributed by atoms with van der Waals surface area (Å²) < 4.78 is 15.6. The molecule has 5 nitrogen and oxygen atoms in total. The molecular formula is C15H23NO4. The Labute approximate surface area is 120 Å². The molecule has 5 heteroatoms. The van der Waals surface area contributed by atoms with Crippen LogP contribution >= 0.6 is 0 Å². The Morgan fingerprint density at radius 1 is 1.10 bits per heavy atom. The second kappa shape index (κ2) is 8.43. The molecule has 0 radical (unpaired) electrons. The van der Waals surface area contributed by atoms with Crippen LogP contribution in [0.3, 0.4) is 0 Å². The Hall–Kier alpha value is -1.75. The molecule has 0 fully saturated rings. The first-order chi connectivity index (χ1) is 9.65. The number of likely N-dealkylation sites (N-methyl/N-ethyl adjacent to an activating group) is 1. The van der Waals surface area contributed by atoms with Gasteiger partial charge in [0.15, 0.2) is 11.5 Å². The summed E-state index contributed by atoms with van der Waals surface area (Å²) in [5.41, 5.74) is 0.460. The van der Waals surface area contributed by atoms with E-state index >= 15 is 0 Å². The molecule has 112 valence electrons. The lowest BCUT2D eigenvalue weighted by Gasteiger charge is -2.17. The highest BCUT2D eigenvalue weighted by molar-refractivity contribution is 5.90. The van der Waals surface area contributed by atoms with E-state index in [0.717, 1.165) is 19.6 Å². The molecule has 0 spiro atoms. The molecule has 0 atom stereocenters. The molecule has 0 bridgehead atoms. The van der Waals surface area contributed by atoms with E-state index in [1.54, 1.807) is 25.3 Å².